The van der Waals surface area contributed by atoms with E-state index in [0.29, 0.717) is 0 Å². The van der Waals surface area contributed by atoms with E-state index in [0.717, 1.165) is 0 Å². The molecule has 0 unspecified atom stereocenters. The molecule has 32 heavy (non-hydrogen) atoms. The second kappa shape index (κ2) is 10.1. The number of likely N-dealkylation sites (tertiary alicyclic amines) is 1. The first-order chi connectivity index (χ1) is 15.9. The van der Waals surface area contributed by atoms with Crippen LogP contribution >= 0.6 is 0 Å². The predicted octanol–water partition coefficient (Wildman–Crippen LogP) is 7.48. The molecule has 1 fully saturated rings. The number of fused-ring (bicyclic) bond motifs is 2. The van der Waals surface area contributed by atoms with E-state index in [4.69, 9.17) is 0 Å². The number of piperidine rings is 1. The highest BCUT2D eigenvalue weighted by molar-refractivity contribution is 5.94. The van der Waals surface area contributed by atoms with Gasteiger partial charge in [0.1, 0.15) is 0 Å². The van der Waals surface area contributed by atoms with Gasteiger partial charge >= 0.3 is 0 Å². The predicted molar refractivity (Wildman–Crippen MR) is 138 cm³/mol. The largest absolute Gasteiger partial charge is 0.303 e. The molecule has 3 aromatic rings. The molecule has 0 bridgehead atoms. The monoisotopic (exact) mass is 419 g/mol. The van der Waals surface area contributed by atoms with Gasteiger partial charge in [0.25, 0.3) is 0 Å². The fraction of sp³-hybridized carbons (Fsp3) is 0.290. The van der Waals surface area contributed by atoms with Crippen molar-refractivity contribution in [2.75, 3.05) is 19.6 Å². The van der Waals surface area contributed by atoms with Gasteiger partial charge in [0.15, 0.2) is 0 Å². The Morgan fingerprint density at radius 2 is 1.19 bits per heavy atom. The van der Waals surface area contributed by atoms with Crippen LogP contribution in [0.25, 0.3) is 17.7 Å². The van der Waals surface area contributed by atoms with Gasteiger partial charge in [0, 0.05) is 13.1 Å². The summed E-state index contributed by atoms with van der Waals surface area (Å²) in [5, 5.41) is 0. The molecule has 1 saturated heterocycles. The molecule has 2 aliphatic rings. The molecule has 0 aromatic heterocycles. The van der Waals surface area contributed by atoms with Gasteiger partial charge in [-0.15, -0.1) is 0 Å². The molecule has 0 radical (unpaired) electrons. The van der Waals surface area contributed by atoms with Crippen molar-refractivity contribution in [2.45, 2.75) is 38.5 Å². The van der Waals surface area contributed by atoms with E-state index < -0.39 is 0 Å². The normalized spacial score (nSPS) is 15.9. The maximum atomic E-state index is 2.68. The lowest BCUT2D eigenvalue weighted by molar-refractivity contribution is 0.251. The standard InChI is InChI=1S/C31H33N/c1-3-11-25(12-4-1)13-5-2-10-22-32-23-20-28(21-24-32)31-29-16-8-6-14-26(29)18-19-27-15-7-9-17-30(27)31/h1,3-4,6-9,11-12,14-19H,2,5,10,13,20-24H2. The summed E-state index contributed by atoms with van der Waals surface area (Å²) in [4.78, 5) is 2.68. The zero-order valence-electron chi connectivity index (χ0n) is 19.0. The highest BCUT2D eigenvalue weighted by atomic mass is 15.1. The number of aryl methyl sites for hydroxylation is 1. The summed E-state index contributed by atoms with van der Waals surface area (Å²) >= 11 is 0. The lowest BCUT2D eigenvalue weighted by Gasteiger charge is -2.30. The van der Waals surface area contributed by atoms with Crippen molar-refractivity contribution in [1.29, 1.82) is 0 Å². The van der Waals surface area contributed by atoms with Gasteiger partial charge in [0.05, 0.1) is 0 Å². The maximum Gasteiger partial charge on any atom is 0.00190 e. The number of hydrogen-bond donors (Lipinski definition) is 0. The number of hydrogen-bond acceptors (Lipinski definition) is 1. The van der Waals surface area contributed by atoms with Crippen molar-refractivity contribution in [3.8, 4) is 0 Å². The van der Waals surface area contributed by atoms with E-state index in [1.54, 1.807) is 5.57 Å². The molecule has 0 spiro atoms. The Morgan fingerprint density at radius 3 is 1.84 bits per heavy atom. The highest BCUT2D eigenvalue weighted by Gasteiger charge is 2.22. The van der Waals surface area contributed by atoms with E-state index in [9.17, 15) is 0 Å². The minimum absolute atomic E-state index is 1.18. The Balaban J connectivity index is 1.23. The number of rotatable bonds is 6. The molecule has 162 valence electrons. The number of nitrogens with zero attached hydrogens (tertiary/aromatic N) is 1. The molecule has 1 nitrogen and oxygen atoms in total. The second-order valence-electron chi connectivity index (χ2n) is 9.12. The smallest absolute Gasteiger partial charge is 0.00190 e. The maximum absolute atomic E-state index is 2.68. The third-order valence-electron chi connectivity index (χ3n) is 7.00. The zero-order chi connectivity index (χ0) is 21.6. The minimum Gasteiger partial charge on any atom is -0.303 e. The first-order valence-electron chi connectivity index (χ1n) is 12.2. The van der Waals surface area contributed by atoms with Crippen molar-refractivity contribution in [3.63, 3.8) is 0 Å². The molecule has 0 saturated carbocycles. The minimum atomic E-state index is 1.18. The highest BCUT2D eigenvalue weighted by Crippen LogP contribution is 2.38. The summed E-state index contributed by atoms with van der Waals surface area (Å²) in [5.41, 5.74) is 10.1. The molecule has 3 aromatic carbocycles. The fourth-order valence-corrected chi connectivity index (χ4v) is 5.23. The van der Waals surface area contributed by atoms with E-state index >= 15 is 0 Å². The van der Waals surface area contributed by atoms with E-state index in [1.807, 2.05) is 0 Å². The summed E-state index contributed by atoms with van der Waals surface area (Å²) in [5.74, 6) is 0. The number of benzene rings is 3. The zero-order valence-corrected chi connectivity index (χ0v) is 19.0. The summed E-state index contributed by atoms with van der Waals surface area (Å²) < 4.78 is 0. The molecule has 1 aliphatic heterocycles. The van der Waals surface area contributed by atoms with Crippen LogP contribution in [-0.4, -0.2) is 24.5 Å². The van der Waals surface area contributed by atoms with Gasteiger partial charge in [0.2, 0.25) is 0 Å². The summed E-state index contributed by atoms with van der Waals surface area (Å²) in [6.07, 6.45) is 12.1. The summed E-state index contributed by atoms with van der Waals surface area (Å²) in [7, 11) is 0. The van der Waals surface area contributed by atoms with Crippen molar-refractivity contribution in [1.82, 2.24) is 4.90 Å². The van der Waals surface area contributed by atoms with Gasteiger partial charge in [-0.05, 0) is 72.0 Å². The molecule has 5 rings (SSSR count). The lowest BCUT2D eigenvalue weighted by Crippen LogP contribution is -2.32. The molecule has 1 aliphatic carbocycles. The fourth-order valence-electron chi connectivity index (χ4n) is 5.23. The first-order valence-corrected chi connectivity index (χ1v) is 12.2. The average Bonchev–Trinajstić information content (AvgIpc) is 3.02. The number of unbranched alkanes of at least 4 members (excludes halogenated alkanes) is 2. The van der Waals surface area contributed by atoms with Crippen LogP contribution in [0, 0.1) is 0 Å². The Labute approximate surface area is 193 Å². The van der Waals surface area contributed by atoms with Crippen molar-refractivity contribution in [3.05, 3.63) is 112 Å². The van der Waals surface area contributed by atoms with Crippen LogP contribution in [0.2, 0.25) is 0 Å². The van der Waals surface area contributed by atoms with Gasteiger partial charge in [-0.25, -0.2) is 0 Å². The Morgan fingerprint density at radius 1 is 0.594 bits per heavy atom. The van der Waals surface area contributed by atoms with Gasteiger partial charge in [-0.1, -0.05) is 103 Å². The Kier molecular flexibility index (Phi) is 6.65. The van der Waals surface area contributed by atoms with Crippen LogP contribution in [0.5, 0.6) is 0 Å². The first kappa shape index (κ1) is 21.0. The van der Waals surface area contributed by atoms with Crippen LogP contribution in [-0.2, 0) is 6.42 Å². The van der Waals surface area contributed by atoms with Crippen LogP contribution in [0.4, 0.5) is 0 Å². The topological polar surface area (TPSA) is 3.24 Å². The van der Waals surface area contributed by atoms with Crippen molar-refractivity contribution >= 4 is 17.7 Å². The average molecular weight is 420 g/mol. The van der Waals surface area contributed by atoms with Gasteiger partial charge in [-0.3, -0.25) is 0 Å². The molecule has 1 heteroatoms. The Bertz CT molecular complexity index is 1040. The Hall–Kier alpha value is -2.90. The second-order valence-corrected chi connectivity index (χ2v) is 9.12. The van der Waals surface area contributed by atoms with Gasteiger partial charge in [-0.2, -0.15) is 0 Å². The molecular formula is C31H33N. The third kappa shape index (κ3) is 4.79. The molecular weight excluding hydrogens is 386 g/mol. The lowest BCUT2D eigenvalue weighted by atomic mass is 9.86. The molecule has 0 N–H and O–H groups in total. The van der Waals surface area contributed by atoms with E-state index in [2.05, 4.69) is 95.9 Å². The third-order valence-corrected chi connectivity index (χ3v) is 7.00. The summed E-state index contributed by atoms with van der Waals surface area (Å²) in [6.45, 7) is 3.62. The summed E-state index contributed by atoms with van der Waals surface area (Å²) in [6, 6.07) is 28.7. The van der Waals surface area contributed by atoms with Crippen molar-refractivity contribution < 1.29 is 0 Å². The SMILES string of the molecule is C1=Cc2ccccc2C(=C2CCN(CCCCCc3ccccc3)CC2)c2ccccc21. The van der Waals surface area contributed by atoms with Crippen LogP contribution in [0.15, 0.2) is 84.4 Å². The van der Waals surface area contributed by atoms with E-state index in [1.165, 1.54) is 91.5 Å². The van der Waals surface area contributed by atoms with Crippen LogP contribution < -0.4 is 0 Å². The van der Waals surface area contributed by atoms with Crippen LogP contribution in [0.3, 0.4) is 0 Å². The molecule has 0 atom stereocenters. The van der Waals surface area contributed by atoms with E-state index in [-0.39, 0.29) is 0 Å². The molecule has 1 heterocycles. The van der Waals surface area contributed by atoms with Crippen molar-refractivity contribution in [2.24, 2.45) is 0 Å². The quantitative estimate of drug-likeness (QED) is 0.293. The van der Waals surface area contributed by atoms with Gasteiger partial charge < -0.3 is 4.90 Å². The van der Waals surface area contributed by atoms with Crippen LogP contribution in [0.1, 0.15) is 59.9 Å². The molecule has 0 amide bonds.